The van der Waals surface area contributed by atoms with Crippen molar-refractivity contribution in [3.05, 3.63) is 6.42 Å². The van der Waals surface area contributed by atoms with Crippen LogP contribution in [0, 0.1) is 11.8 Å². The van der Waals surface area contributed by atoms with Gasteiger partial charge in [0.1, 0.15) is 6.29 Å². The maximum absolute atomic E-state index is 9.76. The summed E-state index contributed by atoms with van der Waals surface area (Å²) in [4.78, 5) is 9.76. The fourth-order valence-corrected chi connectivity index (χ4v) is 0.204. The van der Waals surface area contributed by atoms with Crippen molar-refractivity contribution < 1.29 is 4.79 Å². The molecule has 1 nitrogen and oxygen atoms in total. The molecule has 1 radical (unpaired) electrons. The standard InChI is InChI=1S/C6H11O/c1-6(2,3)4-5-7/h4-5H,1-3H3. The predicted molar refractivity (Wildman–Crippen MR) is 29.8 cm³/mol. The zero-order valence-corrected chi connectivity index (χ0v) is 5.06. The topological polar surface area (TPSA) is 17.1 Å². The number of hydrogen-bond donors (Lipinski definition) is 0. The lowest BCUT2D eigenvalue weighted by Crippen LogP contribution is -2.05. The summed E-state index contributed by atoms with van der Waals surface area (Å²) in [5.74, 6) is 0. The number of carbonyl (C=O) groups is 1. The SMILES string of the molecule is CC(C)(C)[CH]C=O. The number of carbonyl (C=O) groups excluding carboxylic acids is 1. The van der Waals surface area contributed by atoms with Crippen molar-refractivity contribution in [2.45, 2.75) is 20.8 Å². The van der Waals surface area contributed by atoms with E-state index in [0.29, 0.717) is 0 Å². The van der Waals surface area contributed by atoms with Crippen molar-refractivity contribution >= 4 is 6.29 Å². The van der Waals surface area contributed by atoms with E-state index < -0.39 is 0 Å². The number of hydrogen-bond acceptors (Lipinski definition) is 1. The lowest BCUT2D eigenvalue weighted by molar-refractivity contribution is -0.106. The van der Waals surface area contributed by atoms with Crippen molar-refractivity contribution in [3.63, 3.8) is 0 Å². The number of rotatable bonds is 1. The first-order valence-corrected chi connectivity index (χ1v) is 2.36. The molecule has 0 amide bonds. The summed E-state index contributed by atoms with van der Waals surface area (Å²) in [6.07, 6.45) is 2.47. The first-order valence-electron chi connectivity index (χ1n) is 2.36. The molecule has 0 saturated heterocycles. The van der Waals surface area contributed by atoms with Crippen LogP contribution in [-0.4, -0.2) is 6.29 Å². The van der Waals surface area contributed by atoms with Crippen molar-refractivity contribution in [2.24, 2.45) is 5.41 Å². The van der Waals surface area contributed by atoms with Crippen LogP contribution in [0.4, 0.5) is 0 Å². The highest BCUT2D eigenvalue weighted by atomic mass is 16.1. The quantitative estimate of drug-likeness (QED) is 0.454. The van der Waals surface area contributed by atoms with Crippen LogP contribution in [0.1, 0.15) is 20.8 Å². The van der Waals surface area contributed by atoms with Crippen LogP contribution in [0.15, 0.2) is 0 Å². The summed E-state index contributed by atoms with van der Waals surface area (Å²) in [6, 6.07) is 0. The molecule has 0 aliphatic rings. The molecule has 0 aromatic heterocycles. The second-order valence-electron chi connectivity index (χ2n) is 2.67. The molecule has 41 valence electrons. The Labute approximate surface area is 44.7 Å². The van der Waals surface area contributed by atoms with Crippen molar-refractivity contribution in [2.75, 3.05) is 0 Å². The van der Waals surface area contributed by atoms with Crippen LogP contribution in [-0.2, 0) is 4.79 Å². The molecule has 0 saturated carbocycles. The normalized spacial score (nSPS) is 11.3. The minimum Gasteiger partial charge on any atom is -0.303 e. The van der Waals surface area contributed by atoms with E-state index in [1.54, 1.807) is 6.42 Å². The van der Waals surface area contributed by atoms with Crippen LogP contribution >= 0.6 is 0 Å². The minimum atomic E-state index is 0.0573. The van der Waals surface area contributed by atoms with Gasteiger partial charge in [-0.2, -0.15) is 0 Å². The fraction of sp³-hybridized carbons (Fsp3) is 0.667. The molecule has 0 aromatic rings. The molecule has 0 heterocycles. The fourth-order valence-electron chi connectivity index (χ4n) is 0.204. The molecule has 0 fully saturated rings. The van der Waals surface area contributed by atoms with Gasteiger partial charge in [0, 0.05) is 6.42 Å². The van der Waals surface area contributed by atoms with E-state index >= 15 is 0 Å². The van der Waals surface area contributed by atoms with Gasteiger partial charge >= 0.3 is 0 Å². The maximum atomic E-state index is 9.76. The molecule has 0 atom stereocenters. The Hall–Kier alpha value is -0.330. The Kier molecular flexibility index (Phi) is 2.00. The average molecular weight is 99.2 g/mol. The monoisotopic (exact) mass is 99.1 g/mol. The summed E-state index contributed by atoms with van der Waals surface area (Å²) in [5, 5.41) is 0. The van der Waals surface area contributed by atoms with Gasteiger partial charge in [0.2, 0.25) is 0 Å². The summed E-state index contributed by atoms with van der Waals surface area (Å²) in [7, 11) is 0. The summed E-state index contributed by atoms with van der Waals surface area (Å²) in [5.41, 5.74) is 0.0573. The molecule has 0 spiro atoms. The van der Waals surface area contributed by atoms with Gasteiger partial charge in [0.25, 0.3) is 0 Å². The molecule has 0 bridgehead atoms. The number of aldehydes is 1. The second-order valence-corrected chi connectivity index (χ2v) is 2.67. The van der Waals surface area contributed by atoms with Crippen LogP contribution in [0.5, 0.6) is 0 Å². The molecular formula is C6H11O. The average Bonchev–Trinajstić information content (AvgIpc) is 1.30. The molecule has 7 heavy (non-hydrogen) atoms. The molecular weight excluding hydrogens is 88.1 g/mol. The lowest BCUT2D eigenvalue weighted by atomic mass is 9.93. The molecule has 0 unspecified atom stereocenters. The van der Waals surface area contributed by atoms with Gasteiger partial charge in [0.05, 0.1) is 0 Å². The Bertz CT molecular complexity index is 59.1. The van der Waals surface area contributed by atoms with Crippen LogP contribution in [0.3, 0.4) is 0 Å². The Balaban J connectivity index is 3.34. The van der Waals surface area contributed by atoms with Gasteiger partial charge in [-0.15, -0.1) is 0 Å². The van der Waals surface area contributed by atoms with Crippen molar-refractivity contribution in [1.29, 1.82) is 0 Å². The van der Waals surface area contributed by atoms with Gasteiger partial charge in [0.15, 0.2) is 0 Å². The smallest absolute Gasteiger partial charge is 0.124 e. The van der Waals surface area contributed by atoms with E-state index in [-0.39, 0.29) is 5.41 Å². The van der Waals surface area contributed by atoms with Crippen molar-refractivity contribution in [3.8, 4) is 0 Å². The predicted octanol–water partition coefficient (Wildman–Crippen LogP) is 1.44. The third kappa shape index (κ3) is 5.67. The Morgan fingerprint density at radius 1 is 1.29 bits per heavy atom. The highest BCUT2D eigenvalue weighted by Gasteiger charge is 2.07. The van der Waals surface area contributed by atoms with E-state index in [4.69, 9.17) is 0 Å². The largest absolute Gasteiger partial charge is 0.303 e. The van der Waals surface area contributed by atoms with Gasteiger partial charge in [-0.05, 0) is 5.41 Å². The van der Waals surface area contributed by atoms with Crippen LogP contribution in [0.25, 0.3) is 0 Å². The first-order chi connectivity index (χ1) is 3.06. The summed E-state index contributed by atoms with van der Waals surface area (Å²) in [6.45, 7) is 5.96. The van der Waals surface area contributed by atoms with Crippen LogP contribution < -0.4 is 0 Å². The summed E-state index contributed by atoms with van der Waals surface area (Å²) >= 11 is 0. The van der Waals surface area contributed by atoms with E-state index in [1.807, 2.05) is 20.8 Å². The van der Waals surface area contributed by atoms with Gasteiger partial charge < -0.3 is 4.79 Å². The molecule has 0 aromatic carbocycles. The zero-order valence-electron chi connectivity index (χ0n) is 5.06. The summed E-state index contributed by atoms with van der Waals surface area (Å²) < 4.78 is 0. The first kappa shape index (κ1) is 6.67. The van der Waals surface area contributed by atoms with E-state index in [0.717, 1.165) is 6.29 Å². The molecule has 0 aliphatic carbocycles. The Morgan fingerprint density at radius 2 is 1.71 bits per heavy atom. The van der Waals surface area contributed by atoms with E-state index in [2.05, 4.69) is 0 Å². The van der Waals surface area contributed by atoms with Crippen molar-refractivity contribution in [1.82, 2.24) is 0 Å². The second kappa shape index (κ2) is 2.10. The molecule has 0 rings (SSSR count). The van der Waals surface area contributed by atoms with E-state index in [1.165, 1.54) is 0 Å². The molecule has 0 aliphatic heterocycles. The van der Waals surface area contributed by atoms with Gasteiger partial charge in [-0.1, -0.05) is 20.8 Å². The maximum Gasteiger partial charge on any atom is 0.124 e. The third-order valence-corrected chi connectivity index (χ3v) is 0.568. The highest BCUT2D eigenvalue weighted by Crippen LogP contribution is 2.14. The van der Waals surface area contributed by atoms with E-state index in [9.17, 15) is 4.79 Å². The van der Waals surface area contributed by atoms with Gasteiger partial charge in [-0.25, -0.2) is 0 Å². The Morgan fingerprint density at radius 3 is 1.71 bits per heavy atom. The van der Waals surface area contributed by atoms with Gasteiger partial charge in [-0.3, -0.25) is 0 Å². The zero-order chi connectivity index (χ0) is 5.91. The minimum absolute atomic E-state index is 0.0573. The molecule has 0 N–H and O–H groups in total. The van der Waals surface area contributed by atoms with Crippen LogP contribution in [0.2, 0.25) is 0 Å². The third-order valence-electron chi connectivity index (χ3n) is 0.568. The molecule has 1 heteroatoms. The highest BCUT2D eigenvalue weighted by molar-refractivity contribution is 5.62. The lowest BCUT2D eigenvalue weighted by Gasteiger charge is -2.11.